The summed E-state index contributed by atoms with van der Waals surface area (Å²) in [7, 11) is 1.83. The van der Waals surface area contributed by atoms with Crippen LogP contribution in [-0.2, 0) is 13.6 Å². The lowest BCUT2D eigenvalue weighted by Crippen LogP contribution is -2.38. The van der Waals surface area contributed by atoms with E-state index in [4.69, 9.17) is 11.6 Å². The molecule has 1 aliphatic rings. The van der Waals surface area contributed by atoms with Gasteiger partial charge in [0.1, 0.15) is 5.15 Å². The van der Waals surface area contributed by atoms with Crippen LogP contribution >= 0.6 is 11.6 Å². The molecule has 5 heteroatoms. The second-order valence-corrected chi connectivity index (χ2v) is 7.74. The Balaban J connectivity index is 2.12. The predicted octanol–water partition coefficient (Wildman–Crippen LogP) is 2.03. The summed E-state index contributed by atoms with van der Waals surface area (Å²) in [4.78, 5) is 17.0. The number of nitrogens with zero attached hydrogens (tertiary/aromatic N) is 3. The summed E-state index contributed by atoms with van der Waals surface area (Å²) >= 11 is 6.00. The molecule has 0 saturated heterocycles. The Morgan fingerprint density at radius 2 is 2.04 bits per heavy atom. The van der Waals surface area contributed by atoms with Crippen LogP contribution in [0.4, 0.5) is 0 Å². The molecule has 122 valence electrons. The van der Waals surface area contributed by atoms with Crippen LogP contribution in [0.3, 0.4) is 0 Å². The molecule has 0 amide bonds. The first-order valence-corrected chi connectivity index (χ1v) is 8.24. The molecule has 2 aromatic rings. The maximum atomic E-state index is 12.6. The maximum absolute atomic E-state index is 12.6. The van der Waals surface area contributed by atoms with Crippen LogP contribution in [0.15, 0.2) is 23.0 Å². The van der Waals surface area contributed by atoms with Gasteiger partial charge in [0.2, 0.25) is 0 Å². The lowest BCUT2D eigenvalue weighted by molar-refractivity contribution is 0.333. The van der Waals surface area contributed by atoms with Crippen molar-refractivity contribution in [2.45, 2.75) is 39.7 Å². The zero-order valence-corrected chi connectivity index (χ0v) is 14.8. The van der Waals surface area contributed by atoms with Crippen molar-refractivity contribution < 1.29 is 0 Å². The third kappa shape index (κ3) is 3.13. The van der Waals surface area contributed by atoms with E-state index in [0.717, 1.165) is 22.8 Å². The van der Waals surface area contributed by atoms with Crippen molar-refractivity contribution in [3.05, 3.63) is 50.2 Å². The van der Waals surface area contributed by atoms with Gasteiger partial charge in [0.25, 0.3) is 0 Å². The molecule has 3 rings (SSSR count). The van der Waals surface area contributed by atoms with E-state index < -0.39 is 0 Å². The first-order chi connectivity index (χ1) is 10.8. The number of hydrogen-bond acceptors (Lipinski definition) is 2. The van der Waals surface area contributed by atoms with Gasteiger partial charge in [0.15, 0.2) is 0 Å². The predicted molar refractivity (Wildman–Crippen MR) is 93.9 cm³/mol. The highest BCUT2D eigenvalue weighted by Crippen LogP contribution is 2.22. The van der Waals surface area contributed by atoms with E-state index in [1.54, 1.807) is 10.6 Å². The molecule has 23 heavy (non-hydrogen) atoms. The van der Waals surface area contributed by atoms with Crippen molar-refractivity contribution in [2.75, 3.05) is 0 Å². The zero-order chi connectivity index (χ0) is 16.8. The molecule has 2 aromatic heterocycles. The van der Waals surface area contributed by atoms with Gasteiger partial charge in [-0.3, -0.25) is 9.13 Å². The number of halogens is 1. The van der Waals surface area contributed by atoms with E-state index in [1.807, 2.05) is 23.7 Å². The van der Waals surface area contributed by atoms with E-state index in [1.165, 1.54) is 0 Å². The molecule has 0 spiro atoms. The third-order valence-electron chi connectivity index (χ3n) is 4.11. The fraction of sp³-hybridized carbons (Fsp3) is 0.444. The minimum atomic E-state index is 0.0390. The standard InChI is InChI=1S/C18H22ClN3O/c1-18(2,3)11-22-14-9-8-12(10-15(14)21(4)17(22)23)13-6-5-7-16(19)20-13/h5-7,9-10,12H,8,11H2,1-4H3. The van der Waals surface area contributed by atoms with Crippen LogP contribution in [0.5, 0.6) is 0 Å². The molecule has 0 bridgehead atoms. The van der Waals surface area contributed by atoms with Crippen molar-refractivity contribution in [1.82, 2.24) is 14.1 Å². The molecule has 1 atom stereocenters. The smallest absolute Gasteiger partial charge is 0.295 e. The number of aromatic nitrogens is 3. The van der Waals surface area contributed by atoms with Gasteiger partial charge in [-0.25, -0.2) is 9.78 Å². The fourth-order valence-electron chi connectivity index (χ4n) is 3.07. The van der Waals surface area contributed by atoms with Gasteiger partial charge in [-0.05, 0) is 30.0 Å². The molecule has 0 fully saturated rings. The highest BCUT2D eigenvalue weighted by atomic mass is 35.5. The van der Waals surface area contributed by atoms with E-state index in [2.05, 4.69) is 37.9 Å². The molecule has 4 nitrogen and oxygen atoms in total. The molecule has 0 N–H and O–H groups in total. The summed E-state index contributed by atoms with van der Waals surface area (Å²) in [5.41, 5.74) is 1.03. The van der Waals surface area contributed by atoms with Crippen molar-refractivity contribution in [3.8, 4) is 0 Å². The number of rotatable bonds is 2. The van der Waals surface area contributed by atoms with Crippen molar-refractivity contribution in [3.63, 3.8) is 0 Å². The van der Waals surface area contributed by atoms with Gasteiger partial charge in [0.05, 0.1) is 10.7 Å². The summed E-state index contributed by atoms with van der Waals surface area (Å²) in [5, 5.41) is 2.49. The molecule has 1 unspecified atom stereocenters. The molecule has 1 aliphatic carbocycles. The second-order valence-electron chi connectivity index (χ2n) is 7.36. The molecule has 0 aliphatic heterocycles. The van der Waals surface area contributed by atoms with Gasteiger partial charge in [-0.1, -0.05) is 44.5 Å². The zero-order valence-electron chi connectivity index (χ0n) is 14.0. The SMILES string of the molecule is Cn1c2c(n(CC(C)(C)C)c1=O)=CCC(c1cccc(Cl)n1)C=2. The van der Waals surface area contributed by atoms with E-state index in [-0.39, 0.29) is 17.0 Å². The van der Waals surface area contributed by atoms with Crippen molar-refractivity contribution in [1.29, 1.82) is 0 Å². The first-order valence-electron chi connectivity index (χ1n) is 7.86. The lowest BCUT2D eigenvalue weighted by Gasteiger charge is -2.19. The van der Waals surface area contributed by atoms with Gasteiger partial charge in [-0.2, -0.15) is 0 Å². The van der Waals surface area contributed by atoms with Crippen LogP contribution < -0.4 is 16.4 Å². The van der Waals surface area contributed by atoms with Crippen LogP contribution in [-0.4, -0.2) is 14.1 Å². The van der Waals surface area contributed by atoms with Crippen molar-refractivity contribution in [2.24, 2.45) is 12.5 Å². The molecule has 2 heterocycles. The number of imidazole rings is 1. The number of fused-ring (bicyclic) bond motifs is 1. The lowest BCUT2D eigenvalue weighted by atomic mass is 9.95. The Morgan fingerprint density at radius 3 is 2.70 bits per heavy atom. The van der Waals surface area contributed by atoms with Crippen LogP contribution in [0, 0.1) is 5.41 Å². The summed E-state index contributed by atoms with van der Waals surface area (Å²) in [5.74, 6) is 0.150. The molecular formula is C18H22ClN3O. The Morgan fingerprint density at radius 1 is 1.30 bits per heavy atom. The fourth-order valence-corrected chi connectivity index (χ4v) is 3.24. The monoisotopic (exact) mass is 331 g/mol. The topological polar surface area (TPSA) is 39.8 Å². The summed E-state index contributed by atoms with van der Waals surface area (Å²) in [6, 6.07) is 5.67. The maximum Gasteiger partial charge on any atom is 0.328 e. The second kappa shape index (κ2) is 5.68. The van der Waals surface area contributed by atoms with Gasteiger partial charge in [-0.15, -0.1) is 0 Å². The summed E-state index contributed by atoms with van der Waals surface area (Å²) in [6.45, 7) is 7.14. The quantitative estimate of drug-likeness (QED) is 0.790. The Hall–Kier alpha value is -1.81. The Labute approximate surface area is 140 Å². The average molecular weight is 332 g/mol. The average Bonchev–Trinajstić information content (AvgIpc) is 2.71. The highest BCUT2D eigenvalue weighted by Gasteiger charge is 2.20. The summed E-state index contributed by atoms with van der Waals surface area (Å²) in [6.07, 6.45) is 5.11. The molecule has 0 saturated carbocycles. The van der Waals surface area contributed by atoms with Gasteiger partial charge < -0.3 is 0 Å². The molecule has 0 radical (unpaired) electrons. The normalized spacial score (nSPS) is 17.3. The van der Waals surface area contributed by atoms with Crippen LogP contribution in [0.1, 0.15) is 38.8 Å². The minimum absolute atomic E-state index is 0.0390. The Kier molecular flexibility index (Phi) is 3.96. The van der Waals surface area contributed by atoms with E-state index in [9.17, 15) is 4.79 Å². The van der Waals surface area contributed by atoms with Crippen LogP contribution in [0.25, 0.3) is 12.2 Å². The third-order valence-corrected chi connectivity index (χ3v) is 4.32. The largest absolute Gasteiger partial charge is 0.328 e. The van der Waals surface area contributed by atoms with Crippen molar-refractivity contribution >= 4 is 23.8 Å². The molecule has 0 aromatic carbocycles. The van der Waals surface area contributed by atoms with E-state index >= 15 is 0 Å². The first kappa shape index (κ1) is 16.1. The van der Waals surface area contributed by atoms with Crippen LogP contribution in [0.2, 0.25) is 5.15 Å². The minimum Gasteiger partial charge on any atom is -0.295 e. The van der Waals surface area contributed by atoms with Gasteiger partial charge >= 0.3 is 5.69 Å². The number of pyridine rings is 1. The number of hydrogen-bond donors (Lipinski definition) is 0. The van der Waals surface area contributed by atoms with Gasteiger partial charge in [0, 0.05) is 25.2 Å². The van der Waals surface area contributed by atoms with E-state index in [0.29, 0.717) is 11.7 Å². The molecular weight excluding hydrogens is 310 g/mol. The Bertz CT molecular complexity index is 915. The highest BCUT2D eigenvalue weighted by molar-refractivity contribution is 6.29. The summed E-state index contributed by atoms with van der Waals surface area (Å²) < 4.78 is 3.61.